The Morgan fingerprint density at radius 1 is 1.29 bits per heavy atom. The van der Waals surface area contributed by atoms with Crippen LogP contribution in [0, 0.1) is 11.8 Å². The van der Waals surface area contributed by atoms with Gasteiger partial charge in [0.1, 0.15) is 5.69 Å². The van der Waals surface area contributed by atoms with Crippen LogP contribution in [0.15, 0.2) is 6.07 Å². The van der Waals surface area contributed by atoms with Crippen LogP contribution < -0.4 is 0 Å². The maximum atomic E-state index is 12.9. The summed E-state index contributed by atoms with van der Waals surface area (Å²) in [5.74, 6) is -2.30. The lowest BCUT2D eigenvalue weighted by Crippen LogP contribution is -2.46. The molecule has 2 fully saturated rings. The van der Waals surface area contributed by atoms with Gasteiger partial charge in [0.2, 0.25) is 0 Å². The number of halogens is 3. The van der Waals surface area contributed by atoms with Crippen molar-refractivity contribution < 1.29 is 27.9 Å². The zero-order valence-electron chi connectivity index (χ0n) is 13.1. The highest BCUT2D eigenvalue weighted by Crippen LogP contribution is 2.38. The molecule has 2 atom stereocenters. The number of hydrogen-bond acceptors (Lipinski definition) is 3. The maximum Gasteiger partial charge on any atom is 0.435 e. The van der Waals surface area contributed by atoms with Crippen LogP contribution in [0.2, 0.25) is 0 Å². The van der Waals surface area contributed by atoms with Gasteiger partial charge in [-0.1, -0.05) is 6.92 Å². The van der Waals surface area contributed by atoms with Gasteiger partial charge in [-0.3, -0.25) is 14.3 Å². The molecule has 2 aliphatic rings. The van der Waals surface area contributed by atoms with Gasteiger partial charge in [-0.25, -0.2) is 0 Å². The highest BCUT2D eigenvalue weighted by Gasteiger charge is 2.40. The predicted molar refractivity (Wildman–Crippen MR) is 76.3 cm³/mol. The van der Waals surface area contributed by atoms with Gasteiger partial charge in [0.15, 0.2) is 5.69 Å². The zero-order chi connectivity index (χ0) is 17.6. The molecule has 1 saturated heterocycles. The van der Waals surface area contributed by atoms with Crippen LogP contribution in [-0.4, -0.2) is 44.8 Å². The topological polar surface area (TPSA) is 75.4 Å². The normalized spacial score (nSPS) is 24.9. The van der Waals surface area contributed by atoms with Gasteiger partial charge < -0.3 is 10.0 Å². The molecule has 1 aromatic rings. The maximum absolute atomic E-state index is 12.9. The fourth-order valence-electron chi connectivity index (χ4n) is 3.15. The first-order chi connectivity index (χ1) is 11.2. The van der Waals surface area contributed by atoms with E-state index in [1.165, 1.54) is 4.90 Å². The number of piperidine rings is 1. The smallest absolute Gasteiger partial charge is 0.435 e. The second kappa shape index (κ2) is 5.78. The number of likely N-dealkylation sites (tertiary alicyclic amines) is 1. The Labute approximate surface area is 136 Å². The van der Waals surface area contributed by atoms with E-state index in [0.29, 0.717) is 25.8 Å². The van der Waals surface area contributed by atoms with E-state index in [-0.39, 0.29) is 24.2 Å². The van der Waals surface area contributed by atoms with Gasteiger partial charge in [0.05, 0.1) is 12.0 Å². The Bertz CT molecular complexity index is 667. The summed E-state index contributed by atoms with van der Waals surface area (Å²) in [5.41, 5.74) is -1.19. The van der Waals surface area contributed by atoms with Crippen LogP contribution in [0.25, 0.3) is 0 Å². The van der Waals surface area contributed by atoms with E-state index in [4.69, 9.17) is 0 Å². The van der Waals surface area contributed by atoms with E-state index in [1.54, 1.807) is 0 Å². The Balaban J connectivity index is 1.89. The summed E-state index contributed by atoms with van der Waals surface area (Å²) in [7, 11) is 0. The highest BCUT2D eigenvalue weighted by atomic mass is 19.4. The number of amides is 1. The van der Waals surface area contributed by atoms with Crippen LogP contribution in [-0.2, 0) is 11.0 Å². The number of carbonyl (C=O) groups is 2. The average Bonchev–Trinajstić information content (AvgIpc) is 3.22. The summed E-state index contributed by atoms with van der Waals surface area (Å²) in [4.78, 5) is 25.3. The van der Waals surface area contributed by atoms with E-state index in [0.717, 1.165) is 10.7 Å². The summed E-state index contributed by atoms with van der Waals surface area (Å²) in [6, 6.07) is 0.591. The monoisotopic (exact) mass is 345 g/mol. The van der Waals surface area contributed by atoms with Gasteiger partial charge >= 0.3 is 12.1 Å². The molecule has 3 rings (SSSR count). The number of aliphatic carboxylic acids is 1. The summed E-state index contributed by atoms with van der Waals surface area (Å²) < 4.78 is 39.9. The molecular weight excluding hydrogens is 327 g/mol. The van der Waals surface area contributed by atoms with E-state index in [9.17, 15) is 27.9 Å². The van der Waals surface area contributed by atoms with Crippen molar-refractivity contribution in [3.05, 3.63) is 17.5 Å². The molecule has 0 bridgehead atoms. The number of carbonyl (C=O) groups excluding carboxylic acids is 1. The summed E-state index contributed by atoms with van der Waals surface area (Å²) in [6.07, 6.45) is -2.79. The zero-order valence-corrected chi connectivity index (χ0v) is 13.1. The Morgan fingerprint density at radius 2 is 1.96 bits per heavy atom. The third kappa shape index (κ3) is 3.25. The highest BCUT2D eigenvalue weighted by molar-refractivity contribution is 5.93. The largest absolute Gasteiger partial charge is 0.481 e. The molecule has 0 spiro atoms. The second-order valence-corrected chi connectivity index (χ2v) is 6.67. The lowest BCUT2D eigenvalue weighted by Gasteiger charge is -2.34. The minimum atomic E-state index is -4.62. The third-order valence-corrected chi connectivity index (χ3v) is 4.43. The molecule has 132 valence electrons. The van der Waals surface area contributed by atoms with Crippen molar-refractivity contribution in [1.82, 2.24) is 14.7 Å². The number of rotatable bonds is 3. The molecule has 1 aliphatic carbocycles. The lowest BCUT2D eigenvalue weighted by molar-refractivity contribution is -0.144. The van der Waals surface area contributed by atoms with Gasteiger partial charge in [-0.2, -0.15) is 18.3 Å². The van der Waals surface area contributed by atoms with Crippen LogP contribution in [0.1, 0.15) is 48.4 Å². The first kappa shape index (κ1) is 16.8. The van der Waals surface area contributed by atoms with Gasteiger partial charge in [0, 0.05) is 19.2 Å². The lowest BCUT2D eigenvalue weighted by atomic mass is 9.90. The van der Waals surface area contributed by atoms with E-state index >= 15 is 0 Å². The second-order valence-electron chi connectivity index (χ2n) is 6.67. The Hall–Kier alpha value is -2.06. The number of aromatic nitrogens is 2. The molecule has 2 heterocycles. The van der Waals surface area contributed by atoms with E-state index in [1.807, 2.05) is 6.92 Å². The fraction of sp³-hybridized carbons (Fsp3) is 0.667. The molecule has 1 amide bonds. The van der Waals surface area contributed by atoms with Crippen molar-refractivity contribution in [3.63, 3.8) is 0 Å². The first-order valence-electron chi connectivity index (χ1n) is 7.85. The quantitative estimate of drug-likeness (QED) is 0.913. The van der Waals surface area contributed by atoms with Gasteiger partial charge in [0.25, 0.3) is 5.91 Å². The van der Waals surface area contributed by atoms with Crippen molar-refractivity contribution in [3.8, 4) is 0 Å². The van der Waals surface area contributed by atoms with Crippen molar-refractivity contribution in [2.24, 2.45) is 11.8 Å². The number of alkyl halides is 3. The van der Waals surface area contributed by atoms with Crippen LogP contribution in [0.4, 0.5) is 13.2 Å². The molecule has 1 saturated carbocycles. The van der Waals surface area contributed by atoms with Crippen molar-refractivity contribution in [1.29, 1.82) is 0 Å². The molecule has 9 heteroatoms. The minimum Gasteiger partial charge on any atom is -0.481 e. The first-order valence-corrected chi connectivity index (χ1v) is 7.85. The van der Waals surface area contributed by atoms with Crippen LogP contribution in [0.5, 0.6) is 0 Å². The van der Waals surface area contributed by atoms with Crippen LogP contribution in [0.3, 0.4) is 0 Å². The van der Waals surface area contributed by atoms with Gasteiger partial charge in [-0.05, 0) is 25.2 Å². The minimum absolute atomic E-state index is 0.00963. The average molecular weight is 345 g/mol. The summed E-state index contributed by atoms with van der Waals surface area (Å²) >= 11 is 0. The predicted octanol–water partition coefficient (Wildman–Crippen LogP) is 2.42. The molecule has 24 heavy (non-hydrogen) atoms. The summed E-state index contributed by atoms with van der Waals surface area (Å²) in [5, 5.41) is 12.7. The molecule has 1 N–H and O–H groups in total. The summed E-state index contributed by atoms with van der Waals surface area (Å²) in [6.45, 7) is 2.17. The molecule has 0 aromatic carbocycles. The van der Waals surface area contributed by atoms with Crippen molar-refractivity contribution in [2.75, 3.05) is 13.1 Å². The number of carboxylic acid groups (broad SMARTS) is 1. The fourth-order valence-corrected chi connectivity index (χ4v) is 3.15. The molecule has 2 unspecified atom stereocenters. The van der Waals surface area contributed by atoms with Crippen molar-refractivity contribution in [2.45, 2.75) is 38.4 Å². The number of carboxylic acids is 1. The SMILES string of the molecule is CC1CC(C(=O)O)CN(C(=O)c2cc(C(F)(F)F)nn2C2CC2)C1. The van der Waals surface area contributed by atoms with Gasteiger partial charge in [-0.15, -0.1) is 0 Å². The van der Waals surface area contributed by atoms with Crippen molar-refractivity contribution >= 4 is 11.9 Å². The molecular formula is C15H18F3N3O3. The molecule has 6 nitrogen and oxygen atoms in total. The molecule has 1 aliphatic heterocycles. The number of nitrogens with zero attached hydrogens (tertiary/aromatic N) is 3. The Kier molecular flexibility index (Phi) is 4.05. The standard InChI is InChI=1S/C15H18F3N3O3/c1-8-4-9(14(23)24)7-20(6-8)13(22)11-5-12(15(16,17)18)19-21(11)10-2-3-10/h5,8-10H,2-4,6-7H2,1H3,(H,23,24). The Morgan fingerprint density at radius 3 is 2.50 bits per heavy atom. The number of hydrogen-bond donors (Lipinski definition) is 1. The molecule has 0 radical (unpaired) electrons. The van der Waals surface area contributed by atoms with E-state index in [2.05, 4.69) is 5.10 Å². The van der Waals surface area contributed by atoms with E-state index < -0.39 is 29.7 Å². The van der Waals surface area contributed by atoms with Crippen LogP contribution >= 0.6 is 0 Å². The third-order valence-electron chi connectivity index (χ3n) is 4.43. The molecule has 1 aromatic heterocycles.